The summed E-state index contributed by atoms with van der Waals surface area (Å²) in [6, 6.07) is 12.6. The summed E-state index contributed by atoms with van der Waals surface area (Å²) in [7, 11) is 2.22. The Morgan fingerprint density at radius 1 is 1.15 bits per heavy atom. The first-order chi connectivity index (χ1) is 16.0. The van der Waals surface area contributed by atoms with Crippen LogP contribution in [0.1, 0.15) is 53.6 Å². The summed E-state index contributed by atoms with van der Waals surface area (Å²) in [4.78, 5) is 17.5. The summed E-state index contributed by atoms with van der Waals surface area (Å²) in [5.74, 6) is 6.65. The molecule has 3 aliphatic rings. The molecule has 6 heteroatoms. The lowest BCUT2D eigenvalue weighted by Crippen LogP contribution is -2.43. The normalized spacial score (nSPS) is 24.3. The third kappa shape index (κ3) is 4.48. The van der Waals surface area contributed by atoms with E-state index in [0.717, 1.165) is 36.1 Å². The molecule has 0 aliphatic carbocycles. The van der Waals surface area contributed by atoms with Crippen LogP contribution in [0.2, 0.25) is 5.02 Å². The summed E-state index contributed by atoms with van der Waals surface area (Å²) >= 11 is 6.61. The molecule has 3 aliphatic heterocycles. The zero-order valence-corrected chi connectivity index (χ0v) is 19.6. The Kier molecular flexibility index (Phi) is 6.34. The Morgan fingerprint density at radius 3 is 2.67 bits per heavy atom. The number of hydrogen-bond acceptors (Lipinski definition) is 4. The molecule has 2 saturated heterocycles. The highest BCUT2D eigenvalue weighted by molar-refractivity contribution is 6.32. The van der Waals surface area contributed by atoms with Gasteiger partial charge in [0.05, 0.1) is 11.6 Å². The van der Waals surface area contributed by atoms with Crippen LogP contribution in [0.15, 0.2) is 36.4 Å². The van der Waals surface area contributed by atoms with Crippen molar-refractivity contribution in [2.45, 2.75) is 56.7 Å². The molecule has 0 radical (unpaired) electrons. The van der Waals surface area contributed by atoms with Crippen LogP contribution >= 0.6 is 11.6 Å². The number of carbonyl (C=O) groups is 1. The van der Waals surface area contributed by atoms with Gasteiger partial charge in [-0.05, 0) is 81.1 Å². The van der Waals surface area contributed by atoms with Gasteiger partial charge >= 0.3 is 0 Å². The van der Waals surface area contributed by atoms with Crippen molar-refractivity contribution >= 4 is 23.2 Å². The van der Waals surface area contributed by atoms with Gasteiger partial charge in [0.25, 0.3) is 5.91 Å². The predicted octanol–water partition coefficient (Wildman–Crippen LogP) is 4.28. The van der Waals surface area contributed by atoms with E-state index in [1.165, 1.54) is 12.8 Å². The van der Waals surface area contributed by atoms with Gasteiger partial charge in [0.1, 0.15) is 11.9 Å². The Labute approximate surface area is 200 Å². The molecule has 0 spiro atoms. The van der Waals surface area contributed by atoms with Crippen LogP contribution < -0.4 is 9.64 Å². The maximum atomic E-state index is 13.2. The fourth-order valence-corrected chi connectivity index (χ4v) is 5.64. The monoisotopic (exact) mass is 464 g/mol. The molecule has 5 nitrogen and oxygen atoms in total. The molecule has 2 aromatic rings. The Balaban J connectivity index is 1.29. The fourth-order valence-electron chi connectivity index (χ4n) is 5.42. The van der Waals surface area contributed by atoms with E-state index in [1.54, 1.807) is 4.90 Å². The third-order valence-corrected chi connectivity index (χ3v) is 7.53. The first-order valence-electron chi connectivity index (χ1n) is 11.8. The second-order valence-corrected chi connectivity index (χ2v) is 9.64. The smallest absolute Gasteiger partial charge is 0.258 e. The van der Waals surface area contributed by atoms with Crippen molar-refractivity contribution in [3.8, 4) is 17.6 Å². The van der Waals surface area contributed by atoms with E-state index < -0.39 is 0 Å². The predicted molar refractivity (Wildman–Crippen MR) is 130 cm³/mol. The molecule has 5 rings (SSSR count). The third-order valence-electron chi connectivity index (χ3n) is 7.23. The summed E-state index contributed by atoms with van der Waals surface area (Å²) in [6.07, 6.45) is 5.98. The van der Waals surface area contributed by atoms with Crippen LogP contribution in [-0.2, 0) is 6.42 Å². The molecule has 3 atom stereocenters. The number of piperidine rings is 1. The average molecular weight is 465 g/mol. The largest absolute Gasteiger partial charge is 0.489 e. The Hall–Kier alpha value is -2.52. The molecule has 1 N–H and O–H groups in total. The van der Waals surface area contributed by atoms with Crippen LogP contribution in [0.3, 0.4) is 0 Å². The number of benzene rings is 2. The summed E-state index contributed by atoms with van der Waals surface area (Å²) in [5.41, 5.74) is 3.37. The van der Waals surface area contributed by atoms with E-state index in [1.807, 2.05) is 36.4 Å². The van der Waals surface area contributed by atoms with Crippen molar-refractivity contribution in [2.75, 3.05) is 25.1 Å². The quantitative estimate of drug-likeness (QED) is 0.686. The summed E-state index contributed by atoms with van der Waals surface area (Å²) in [5, 5.41) is 9.44. The van der Waals surface area contributed by atoms with Crippen molar-refractivity contribution in [1.29, 1.82) is 0 Å². The number of nitrogens with zero attached hydrogens (tertiary/aromatic N) is 2. The van der Waals surface area contributed by atoms with Gasteiger partial charge in [0, 0.05) is 41.9 Å². The minimum atomic E-state index is -0.0252. The van der Waals surface area contributed by atoms with Gasteiger partial charge in [-0.25, -0.2) is 0 Å². The molecular weight excluding hydrogens is 436 g/mol. The minimum absolute atomic E-state index is 0.0252. The molecule has 2 bridgehead atoms. The van der Waals surface area contributed by atoms with Gasteiger partial charge in [-0.2, -0.15) is 0 Å². The number of halogens is 1. The SMILES string of the molecule is CN1[C@@H]2CC[C@H]1CC(Oc1ccc(N3CCc4cc(C#CCCO)ccc4C3=O)cc1Cl)C2. The zero-order valence-electron chi connectivity index (χ0n) is 18.9. The number of amides is 1. The van der Waals surface area contributed by atoms with E-state index in [9.17, 15) is 4.79 Å². The number of hydrogen-bond donors (Lipinski definition) is 1. The van der Waals surface area contributed by atoms with Crippen LogP contribution in [-0.4, -0.2) is 54.3 Å². The van der Waals surface area contributed by atoms with Gasteiger partial charge in [0.15, 0.2) is 0 Å². The molecule has 1 unspecified atom stereocenters. The minimum Gasteiger partial charge on any atom is -0.489 e. The van der Waals surface area contributed by atoms with Crippen molar-refractivity contribution in [1.82, 2.24) is 4.90 Å². The van der Waals surface area contributed by atoms with Crippen LogP contribution in [0, 0.1) is 11.8 Å². The number of aliphatic hydroxyl groups is 1. The maximum Gasteiger partial charge on any atom is 0.258 e. The average Bonchev–Trinajstić information content (AvgIpc) is 3.01. The topological polar surface area (TPSA) is 53.0 Å². The van der Waals surface area contributed by atoms with E-state index >= 15 is 0 Å². The van der Waals surface area contributed by atoms with Crippen LogP contribution in [0.25, 0.3) is 0 Å². The second-order valence-electron chi connectivity index (χ2n) is 9.23. The molecular formula is C27H29ClN2O3. The summed E-state index contributed by atoms with van der Waals surface area (Å²) < 4.78 is 6.30. The first kappa shape index (κ1) is 22.3. The number of carbonyl (C=O) groups excluding carboxylic acids is 1. The van der Waals surface area contributed by atoms with Gasteiger partial charge in [0.2, 0.25) is 0 Å². The second kappa shape index (κ2) is 9.38. The Morgan fingerprint density at radius 2 is 1.94 bits per heavy atom. The molecule has 0 aromatic heterocycles. The highest BCUT2D eigenvalue weighted by Gasteiger charge is 2.39. The first-order valence-corrected chi connectivity index (χ1v) is 12.1. The van der Waals surface area contributed by atoms with Gasteiger partial charge in [-0.15, -0.1) is 0 Å². The lowest BCUT2D eigenvalue weighted by Gasteiger charge is -2.36. The molecule has 0 saturated carbocycles. The van der Waals surface area contributed by atoms with Crippen LogP contribution in [0.5, 0.6) is 5.75 Å². The Bertz CT molecular complexity index is 1110. The number of rotatable bonds is 4. The number of ether oxygens (including phenoxy) is 1. The molecule has 1 amide bonds. The van der Waals surface area contributed by atoms with Gasteiger partial charge in [-0.3, -0.25) is 4.79 Å². The molecule has 172 valence electrons. The van der Waals surface area contributed by atoms with Crippen molar-refractivity contribution in [3.05, 3.63) is 58.1 Å². The molecule has 33 heavy (non-hydrogen) atoms. The van der Waals surface area contributed by atoms with E-state index in [2.05, 4.69) is 23.8 Å². The highest BCUT2D eigenvalue weighted by atomic mass is 35.5. The molecule has 3 heterocycles. The van der Waals surface area contributed by atoms with E-state index in [4.69, 9.17) is 21.4 Å². The van der Waals surface area contributed by atoms with Gasteiger partial charge in [-0.1, -0.05) is 23.4 Å². The van der Waals surface area contributed by atoms with E-state index in [-0.39, 0.29) is 18.6 Å². The molecule has 2 aromatic carbocycles. The zero-order chi connectivity index (χ0) is 22.9. The number of aliphatic hydroxyl groups excluding tert-OH is 1. The maximum absolute atomic E-state index is 13.2. The molecule has 2 fully saturated rings. The number of anilines is 1. The summed E-state index contributed by atoms with van der Waals surface area (Å²) in [6.45, 7) is 0.644. The van der Waals surface area contributed by atoms with Gasteiger partial charge < -0.3 is 19.6 Å². The number of fused-ring (bicyclic) bond motifs is 3. The van der Waals surface area contributed by atoms with Crippen LogP contribution in [0.4, 0.5) is 5.69 Å². The standard InChI is InChI=1S/C27H29ClN2O3/c1-29-20-6-7-21(29)16-23(15-20)33-26-10-8-22(17-25(26)28)30-12-11-19-14-18(4-2-3-13-31)5-9-24(19)27(30)32/h5,8-10,14,17,20-21,23,31H,3,6-7,11-13,15-16H2,1H3/t20-,21+,23?. The lowest BCUT2D eigenvalue weighted by atomic mass is 9.96. The van der Waals surface area contributed by atoms with Crippen molar-refractivity contribution < 1.29 is 14.6 Å². The van der Waals surface area contributed by atoms with Crippen molar-refractivity contribution in [3.63, 3.8) is 0 Å². The van der Waals surface area contributed by atoms with E-state index in [0.29, 0.717) is 41.4 Å². The lowest BCUT2D eigenvalue weighted by molar-refractivity contribution is 0.0662. The highest BCUT2D eigenvalue weighted by Crippen LogP contribution is 2.38. The van der Waals surface area contributed by atoms with Crippen molar-refractivity contribution in [2.24, 2.45) is 0 Å². The fraction of sp³-hybridized carbons (Fsp3) is 0.444.